The number of methoxy groups -OCH3 is 2. The van der Waals surface area contributed by atoms with E-state index in [-0.39, 0.29) is 17.6 Å². The lowest BCUT2D eigenvalue weighted by Crippen LogP contribution is -2.66. The van der Waals surface area contributed by atoms with Crippen molar-refractivity contribution < 1.29 is 14.2 Å². The lowest BCUT2D eigenvalue weighted by Gasteiger charge is -2.58. The van der Waals surface area contributed by atoms with Crippen molar-refractivity contribution in [3.63, 3.8) is 0 Å². The lowest BCUT2D eigenvalue weighted by atomic mass is 9.51. The van der Waals surface area contributed by atoms with Crippen LogP contribution in [0.1, 0.15) is 30.4 Å². The molecule has 23 heavy (non-hydrogen) atoms. The molecular formula is C19H25NO3. The minimum absolute atomic E-state index is 0.132. The number of hydrogen-bond acceptors (Lipinski definition) is 4. The molecule has 2 bridgehead atoms. The molecule has 2 heterocycles. The van der Waals surface area contributed by atoms with Gasteiger partial charge in [0.15, 0.2) is 11.5 Å². The van der Waals surface area contributed by atoms with Crippen LogP contribution in [0.4, 0.5) is 0 Å². The van der Waals surface area contributed by atoms with Crippen molar-refractivity contribution in [2.75, 3.05) is 27.8 Å². The highest BCUT2D eigenvalue weighted by molar-refractivity contribution is 5.61. The molecule has 1 saturated heterocycles. The van der Waals surface area contributed by atoms with E-state index < -0.39 is 0 Å². The third-order valence-corrected chi connectivity index (χ3v) is 7.05. The van der Waals surface area contributed by atoms with Crippen molar-refractivity contribution in [3.8, 4) is 11.5 Å². The van der Waals surface area contributed by atoms with Crippen molar-refractivity contribution in [1.29, 1.82) is 0 Å². The number of ether oxygens (including phenoxy) is 3. The lowest BCUT2D eigenvalue weighted by molar-refractivity contribution is -0.111. The van der Waals surface area contributed by atoms with E-state index in [4.69, 9.17) is 14.2 Å². The number of benzene rings is 1. The number of hydrogen-bond donors (Lipinski definition) is 0. The van der Waals surface area contributed by atoms with E-state index in [2.05, 4.69) is 24.1 Å². The number of likely N-dealkylation sites (N-methyl/N-ethyl adjacent to an activating group) is 1. The summed E-state index contributed by atoms with van der Waals surface area (Å²) in [5.41, 5.74) is 3.05. The molecule has 4 nitrogen and oxygen atoms in total. The molecule has 4 heteroatoms. The number of rotatable bonds is 2. The van der Waals surface area contributed by atoms with Gasteiger partial charge < -0.3 is 19.1 Å². The molecule has 4 aliphatic rings. The number of nitrogens with zero attached hydrogens (tertiary/aromatic N) is 1. The SMILES string of the molecule is COc1ccc2c3c1O[C@H]1[C@@H](OC)CCC4[C@@H](C2)N(C)CC[C@@]341. The molecule has 2 fully saturated rings. The van der Waals surface area contributed by atoms with Crippen LogP contribution in [0.3, 0.4) is 0 Å². The van der Waals surface area contributed by atoms with Gasteiger partial charge in [-0.15, -0.1) is 0 Å². The van der Waals surface area contributed by atoms with Crippen LogP contribution >= 0.6 is 0 Å². The molecule has 1 spiro atoms. The molecule has 2 aliphatic carbocycles. The maximum absolute atomic E-state index is 6.57. The first-order chi connectivity index (χ1) is 11.2. The fraction of sp³-hybridized carbons (Fsp3) is 0.684. The molecule has 1 aromatic rings. The molecule has 124 valence electrons. The zero-order valence-corrected chi connectivity index (χ0v) is 14.2. The summed E-state index contributed by atoms with van der Waals surface area (Å²) in [7, 11) is 5.87. The largest absolute Gasteiger partial charge is 0.493 e. The van der Waals surface area contributed by atoms with Crippen molar-refractivity contribution >= 4 is 0 Å². The summed E-state index contributed by atoms with van der Waals surface area (Å²) < 4.78 is 18.1. The smallest absolute Gasteiger partial charge is 0.165 e. The zero-order valence-electron chi connectivity index (χ0n) is 14.2. The van der Waals surface area contributed by atoms with Gasteiger partial charge in [-0.25, -0.2) is 0 Å². The molecule has 0 amide bonds. The second-order valence-electron chi connectivity index (χ2n) is 7.67. The Bertz CT molecular complexity index is 660. The van der Waals surface area contributed by atoms with Gasteiger partial charge in [0, 0.05) is 24.1 Å². The van der Waals surface area contributed by atoms with E-state index in [0.29, 0.717) is 12.0 Å². The predicted molar refractivity (Wildman–Crippen MR) is 87.3 cm³/mol. The zero-order chi connectivity index (χ0) is 15.8. The molecule has 5 rings (SSSR count). The summed E-state index contributed by atoms with van der Waals surface area (Å²) in [6, 6.07) is 4.99. The van der Waals surface area contributed by atoms with Gasteiger partial charge in [0.05, 0.1) is 13.2 Å². The normalized spacial score (nSPS) is 40.5. The van der Waals surface area contributed by atoms with Crippen molar-refractivity contribution in [2.24, 2.45) is 5.92 Å². The second-order valence-corrected chi connectivity index (χ2v) is 7.67. The van der Waals surface area contributed by atoms with Crippen LogP contribution in [0, 0.1) is 5.92 Å². The summed E-state index contributed by atoms with van der Waals surface area (Å²) >= 11 is 0. The average molecular weight is 315 g/mol. The molecule has 0 radical (unpaired) electrons. The van der Waals surface area contributed by atoms with E-state index in [9.17, 15) is 0 Å². The Labute approximate surface area is 137 Å². The highest BCUT2D eigenvalue weighted by atomic mass is 16.6. The van der Waals surface area contributed by atoms with Gasteiger partial charge in [-0.2, -0.15) is 0 Å². The van der Waals surface area contributed by atoms with E-state index in [1.807, 2.05) is 7.11 Å². The molecular weight excluding hydrogens is 290 g/mol. The third kappa shape index (κ3) is 1.54. The Balaban J connectivity index is 1.77. The summed E-state index contributed by atoms with van der Waals surface area (Å²) in [6.45, 7) is 1.15. The van der Waals surface area contributed by atoms with Crippen LogP contribution < -0.4 is 9.47 Å². The van der Waals surface area contributed by atoms with Gasteiger partial charge in [-0.3, -0.25) is 0 Å². The van der Waals surface area contributed by atoms with Crippen LogP contribution in [0.25, 0.3) is 0 Å². The maximum Gasteiger partial charge on any atom is 0.165 e. The average Bonchev–Trinajstić information content (AvgIpc) is 2.92. The predicted octanol–water partition coefficient (Wildman–Crippen LogP) is 2.38. The first-order valence-corrected chi connectivity index (χ1v) is 8.80. The number of likely N-dealkylation sites (tertiary alicyclic amines) is 1. The van der Waals surface area contributed by atoms with Gasteiger partial charge in [0.25, 0.3) is 0 Å². The van der Waals surface area contributed by atoms with E-state index in [0.717, 1.165) is 30.9 Å². The summed E-state index contributed by atoms with van der Waals surface area (Å²) in [4.78, 5) is 2.57. The summed E-state index contributed by atoms with van der Waals surface area (Å²) in [5.74, 6) is 2.57. The van der Waals surface area contributed by atoms with Gasteiger partial charge in [0.2, 0.25) is 0 Å². The Hall–Kier alpha value is -1.26. The Morgan fingerprint density at radius 3 is 2.91 bits per heavy atom. The summed E-state index contributed by atoms with van der Waals surface area (Å²) in [5, 5.41) is 0. The Morgan fingerprint density at radius 1 is 1.26 bits per heavy atom. The Morgan fingerprint density at radius 2 is 2.13 bits per heavy atom. The van der Waals surface area contributed by atoms with Gasteiger partial charge in [-0.05, 0) is 56.8 Å². The first-order valence-electron chi connectivity index (χ1n) is 8.80. The van der Waals surface area contributed by atoms with Crippen LogP contribution in [-0.2, 0) is 16.6 Å². The fourth-order valence-electron chi connectivity index (χ4n) is 6.08. The fourth-order valence-corrected chi connectivity index (χ4v) is 6.08. The van der Waals surface area contributed by atoms with Gasteiger partial charge in [-0.1, -0.05) is 6.07 Å². The topological polar surface area (TPSA) is 30.9 Å². The van der Waals surface area contributed by atoms with Gasteiger partial charge in [0.1, 0.15) is 6.10 Å². The van der Waals surface area contributed by atoms with Crippen LogP contribution in [0.2, 0.25) is 0 Å². The monoisotopic (exact) mass is 315 g/mol. The van der Waals surface area contributed by atoms with Crippen molar-refractivity contribution in [1.82, 2.24) is 4.90 Å². The van der Waals surface area contributed by atoms with Crippen molar-refractivity contribution in [2.45, 2.75) is 49.3 Å². The van der Waals surface area contributed by atoms with E-state index in [1.165, 1.54) is 24.0 Å². The van der Waals surface area contributed by atoms with Crippen LogP contribution in [-0.4, -0.2) is 51.0 Å². The molecule has 0 aromatic heterocycles. The van der Waals surface area contributed by atoms with Crippen molar-refractivity contribution in [3.05, 3.63) is 23.3 Å². The standard InChI is InChI=1S/C19H25NO3/c1-20-9-8-19-12-5-7-15(22-3)18(19)23-17-14(21-2)6-4-11(16(17)19)10-13(12)20/h4,6,12-13,15,18H,5,7-10H2,1-3H3/t12?,13-,15+,18+,19+/m1/s1. The molecule has 1 saturated carbocycles. The molecule has 0 N–H and O–H groups in total. The minimum Gasteiger partial charge on any atom is -0.493 e. The molecule has 1 aromatic carbocycles. The molecule has 1 unspecified atom stereocenters. The van der Waals surface area contributed by atoms with Crippen LogP contribution in [0.5, 0.6) is 11.5 Å². The second kappa shape index (κ2) is 4.64. The molecule has 5 atom stereocenters. The maximum atomic E-state index is 6.57. The first kappa shape index (κ1) is 14.1. The van der Waals surface area contributed by atoms with E-state index in [1.54, 1.807) is 7.11 Å². The highest BCUT2D eigenvalue weighted by Gasteiger charge is 2.65. The van der Waals surface area contributed by atoms with E-state index >= 15 is 0 Å². The third-order valence-electron chi connectivity index (χ3n) is 7.05. The highest BCUT2D eigenvalue weighted by Crippen LogP contribution is 2.63. The Kier molecular flexibility index (Phi) is 2.85. The number of piperidine rings is 1. The molecule has 2 aliphatic heterocycles. The van der Waals surface area contributed by atoms with Gasteiger partial charge >= 0.3 is 0 Å². The summed E-state index contributed by atoms with van der Waals surface area (Å²) in [6.07, 6.45) is 4.99. The quantitative estimate of drug-likeness (QED) is 0.838. The van der Waals surface area contributed by atoms with Crippen LogP contribution in [0.15, 0.2) is 12.1 Å². The minimum atomic E-state index is 0.132.